The number of hydrogen-bond acceptors (Lipinski definition) is 3. The van der Waals surface area contributed by atoms with Crippen molar-refractivity contribution >= 4 is 5.91 Å². The fraction of sp³-hybridized carbons (Fsp3) is 0.900. The molecule has 0 saturated carbocycles. The minimum atomic E-state index is -0.910. The summed E-state index contributed by atoms with van der Waals surface area (Å²) in [6, 6.07) is 0.0133. The summed E-state index contributed by atoms with van der Waals surface area (Å²) in [5.74, 6) is 0.182. The number of halogens is 1. The van der Waals surface area contributed by atoms with Crippen LogP contribution >= 0.6 is 0 Å². The molecule has 0 spiro atoms. The maximum Gasteiger partial charge on any atom is 0.222 e. The predicted octanol–water partition coefficient (Wildman–Crippen LogP) is -0.0663. The fourth-order valence-corrected chi connectivity index (χ4v) is 2.11. The second-order valence-corrected chi connectivity index (χ2v) is 4.27. The molecule has 2 fully saturated rings. The monoisotopic (exact) mass is 216 g/mol. The standard InChI is InChI=1S/C10H17FN2O2/c1-13-7(2-3-10(13)14)4-12-9-6-15-5-8(9)11/h7-9,12H,2-6H2,1H3. The van der Waals surface area contributed by atoms with Crippen LogP contribution in [-0.4, -0.2) is 55.9 Å². The smallest absolute Gasteiger partial charge is 0.222 e. The summed E-state index contributed by atoms with van der Waals surface area (Å²) in [6.45, 7) is 1.29. The number of rotatable bonds is 3. The Bertz CT molecular complexity index is 250. The van der Waals surface area contributed by atoms with Crippen LogP contribution in [-0.2, 0) is 9.53 Å². The van der Waals surface area contributed by atoms with Crippen LogP contribution < -0.4 is 5.32 Å². The molecule has 1 amide bonds. The van der Waals surface area contributed by atoms with Crippen molar-refractivity contribution in [2.75, 3.05) is 26.8 Å². The molecule has 0 aromatic heterocycles. The molecule has 0 radical (unpaired) electrons. The highest BCUT2D eigenvalue weighted by Gasteiger charge is 2.31. The van der Waals surface area contributed by atoms with E-state index in [1.807, 2.05) is 0 Å². The zero-order valence-corrected chi connectivity index (χ0v) is 8.91. The van der Waals surface area contributed by atoms with Crippen LogP contribution in [0.1, 0.15) is 12.8 Å². The number of likely N-dealkylation sites (tertiary alicyclic amines) is 1. The molecule has 2 rings (SSSR count). The average Bonchev–Trinajstić information content (AvgIpc) is 2.74. The quantitative estimate of drug-likeness (QED) is 0.718. The van der Waals surface area contributed by atoms with E-state index in [9.17, 15) is 9.18 Å². The number of carbonyl (C=O) groups is 1. The average molecular weight is 216 g/mol. The first-order valence-corrected chi connectivity index (χ1v) is 5.39. The van der Waals surface area contributed by atoms with Gasteiger partial charge in [0.05, 0.1) is 19.3 Å². The molecule has 0 aromatic rings. The Hall–Kier alpha value is -0.680. The minimum Gasteiger partial charge on any atom is -0.377 e. The van der Waals surface area contributed by atoms with Gasteiger partial charge in [-0.05, 0) is 6.42 Å². The third-order valence-electron chi connectivity index (χ3n) is 3.26. The Morgan fingerprint density at radius 1 is 1.60 bits per heavy atom. The van der Waals surface area contributed by atoms with Crippen LogP contribution in [0.25, 0.3) is 0 Å². The Morgan fingerprint density at radius 2 is 2.40 bits per heavy atom. The molecular formula is C10H17FN2O2. The normalized spacial score (nSPS) is 36.5. The Morgan fingerprint density at radius 3 is 2.93 bits per heavy atom. The van der Waals surface area contributed by atoms with Gasteiger partial charge < -0.3 is 15.0 Å². The van der Waals surface area contributed by atoms with Crippen molar-refractivity contribution in [3.05, 3.63) is 0 Å². The Labute approximate surface area is 88.8 Å². The van der Waals surface area contributed by atoms with E-state index in [-0.39, 0.29) is 24.6 Å². The van der Waals surface area contributed by atoms with Crippen molar-refractivity contribution in [3.8, 4) is 0 Å². The number of alkyl halides is 1. The van der Waals surface area contributed by atoms with Gasteiger partial charge in [0, 0.05) is 26.1 Å². The highest BCUT2D eigenvalue weighted by atomic mass is 19.1. The van der Waals surface area contributed by atoms with Crippen molar-refractivity contribution in [2.45, 2.75) is 31.1 Å². The lowest BCUT2D eigenvalue weighted by atomic mass is 10.2. The lowest BCUT2D eigenvalue weighted by molar-refractivity contribution is -0.127. The number of ether oxygens (including phenoxy) is 1. The second kappa shape index (κ2) is 4.45. The van der Waals surface area contributed by atoms with E-state index >= 15 is 0 Å². The van der Waals surface area contributed by atoms with Gasteiger partial charge in [0.2, 0.25) is 5.91 Å². The Balaban J connectivity index is 1.76. The maximum atomic E-state index is 13.2. The molecule has 0 aromatic carbocycles. The molecular weight excluding hydrogens is 199 g/mol. The highest BCUT2D eigenvalue weighted by molar-refractivity contribution is 5.78. The fourth-order valence-electron chi connectivity index (χ4n) is 2.11. The van der Waals surface area contributed by atoms with Gasteiger partial charge in [0.1, 0.15) is 6.17 Å². The lowest BCUT2D eigenvalue weighted by Crippen LogP contribution is -2.44. The molecule has 86 valence electrons. The van der Waals surface area contributed by atoms with Crippen LogP contribution in [0.2, 0.25) is 0 Å². The SMILES string of the molecule is CN1C(=O)CCC1CNC1COCC1F. The van der Waals surface area contributed by atoms with Crippen molar-refractivity contribution in [1.29, 1.82) is 0 Å². The van der Waals surface area contributed by atoms with E-state index in [0.717, 1.165) is 6.42 Å². The van der Waals surface area contributed by atoms with Gasteiger partial charge in [0.25, 0.3) is 0 Å². The largest absolute Gasteiger partial charge is 0.377 e. The topological polar surface area (TPSA) is 41.6 Å². The zero-order valence-electron chi connectivity index (χ0n) is 8.91. The van der Waals surface area contributed by atoms with E-state index in [1.54, 1.807) is 11.9 Å². The molecule has 3 unspecified atom stereocenters. The Kier molecular flexibility index (Phi) is 3.21. The summed E-state index contributed by atoms with van der Waals surface area (Å²) < 4.78 is 18.2. The third kappa shape index (κ3) is 2.29. The van der Waals surface area contributed by atoms with Crippen molar-refractivity contribution < 1.29 is 13.9 Å². The molecule has 2 aliphatic heterocycles. The summed E-state index contributed by atoms with van der Waals surface area (Å²) in [5, 5.41) is 3.13. The molecule has 3 atom stereocenters. The molecule has 5 heteroatoms. The predicted molar refractivity (Wildman–Crippen MR) is 53.3 cm³/mol. The van der Waals surface area contributed by atoms with Crippen molar-refractivity contribution in [3.63, 3.8) is 0 Å². The molecule has 1 N–H and O–H groups in total. The summed E-state index contributed by atoms with van der Waals surface area (Å²) in [7, 11) is 1.81. The van der Waals surface area contributed by atoms with Crippen LogP contribution in [0.3, 0.4) is 0 Å². The summed E-state index contributed by atoms with van der Waals surface area (Å²) in [5.41, 5.74) is 0. The summed E-state index contributed by atoms with van der Waals surface area (Å²) >= 11 is 0. The van der Waals surface area contributed by atoms with Gasteiger partial charge in [-0.2, -0.15) is 0 Å². The summed E-state index contributed by atoms with van der Waals surface area (Å²) in [4.78, 5) is 13.0. The van der Waals surface area contributed by atoms with Crippen LogP contribution in [0.4, 0.5) is 4.39 Å². The molecule has 2 aliphatic rings. The minimum absolute atomic E-state index is 0.182. The number of likely N-dealkylation sites (N-methyl/N-ethyl adjacent to an activating group) is 1. The van der Waals surface area contributed by atoms with E-state index in [2.05, 4.69) is 5.32 Å². The number of nitrogens with one attached hydrogen (secondary N) is 1. The second-order valence-electron chi connectivity index (χ2n) is 4.27. The van der Waals surface area contributed by atoms with Gasteiger partial charge in [-0.3, -0.25) is 4.79 Å². The van der Waals surface area contributed by atoms with Gasteiger partial charge in [-0.1, -0.05) is 0 Å². The van der Waals surface area contributed by atoms with Crippen LogP contribution in [0.5, 0.6) is 0 Å². The van der Waals surface area contributed by atoms with Crippen LogP contribution in [0.15, 0.2) is 0 Å². The van der Waals surface area contributed by atoms with Gasteiger partial charge in [-0.15, -0.1) is 0 Å². The van der Waals surface area contributed by atoms with E-state index in [4.69, 9.17) is 4.74 Å². The number of carbonyl (C=O) groups excluding carboxylic acids is 1. The van der Waals surface area contributed by atoms with E-state index in [0.29, 0.717) is 19.6 Å². The first-order chi connectivity index (χ1) is 7.18. The molecule has 2 saturated heterocycles. The van der Waals surface area contributed by atoms with E-state index < -0.39 is 6.17 Å². The van der Waals surface area contributed by atoms with Crippen molar-refractivity contribution in [1.82, 2.24) is 10.2 Å². The molecule has 4 nitrogen and oxygen atoms in total. The molecule has 15 heavy (non-hydrogen) atoms. The van der Waals surface area contributed by atoms with Crippen LogP contribution in [0, 0.1) is 0 Å². The third-order valence-corrected chi connectivity index (χ3v) is 3.26. The maximum absolute atomic E-state index is 13.2. The highest BCUT2D eigenvalue weighted by Crippen LogP contribution is 2.16. The van der Waals surface area contributed by atoms with Gasteiger partial charge in [0.15, 0.2) is 0 Å². The summed E-state index contributed by atoms with van der Waals surface area (Å²) in [6.07, 6.45) is 0.572. The number of amides is 1. The zero-order chi connectivity index (χ0) is 10.8. The first kappa shape index (κ1) is 10.8. The first-order valence-electron chi connectivity index (χ1n) is 5.39. The van der Waals surface area contributed by atoms with Crippen molar-refractivity contribution in [2.24, 2.45) is 0 Å². The number of nitrogens with zero attached hydrogens (tertiary/aromatic N) is 1. The van der Waals surface area contributed by atoms with Gasteiger partial charge in [-0.25, -0.2) is 4.39 Å². The van der Waals surface area contributed by atoms with Gasteiger partial charge >= 0.3 is 0 Å². The lowest BCUT2D eigenvalue weighted by Gasteiger charge is -2.22. The molecule has 0 bridgehead atoms. The molecule has 2 heterocycles. The number of hydrogen-bond donors (Lipinski definition) is 1. The van der Waals surface area contributed by atoms with E-state index in [1.165, 1.54) is 0 Å². The molecule has 0 aliphatic carbocycles.